The van der Waals surface area contributed by atoms with Crippen LogP contribution in [0.5, 0.6) is 5.88 Å². The van der Waals surface area contributed by atoms with Crippen molar-refractivity contribution < 1.29 is 27.5 Å². The van der Waals surface area contributed by atoms with Gasteiger partial charge in [-0.15, -0.1) is 0 Å². The summed E-state index contributed by atoms with van der Waals surface area (Å²) in [5, 5.41) is 7.26. The zero-order chi connectivity index (χ0) is 21.0. The number of halogens is 6. The van der Waals surface area contributed by atoms with Crippen LogP contribution in [0.25, 0.3) is 17.3 Å². The van der Waals surface area contributed by atoms with E-state index < -0.39 is 18.3 Å². The number of rotatable bonds is 6. The fourth-order valence-electron chi connectivity index (χ4n) is 2.18. The van der Waals surface area contributed by atoms with Crippen LogP contribution < -0.4 is 4.74 Å². The number of alkyl halides is 2. The summed E-state index contributed by atoms with van der Waals surface area (Å²) < 4.78 is 49.8. The Hall–Kier alpha value is -2.10. The molecule has 1 aromatic heterocycles. The van der Waals surface area contributed by atoms with E-state index in [2.05, 4.69) is 19.8 Å². The minimum atomic E-state index is -3.12. The third-order valence-electron chi connectivity index (χ3n) is 3.34. The van der Waals surface area contributed by atoms with Gasteiger partial charge in [0.2, 0.25) is 5.88 Å². The van der Waals surface area contributed by atoms with Crippen LogP contribution in [0.3, 0.4) is 0 Å². The Labute approximate surface area is 173 Å². The number of oxime groups is 1. The Bertz CT molecular complexity index is 933. The molecule has 0 aliphatic carbocycles. The maximum atomic E-state index is 14.5. The normalized spacial score (nSPS) is 12.5. The van der Waals surface area contributed by atoms with Gasteiger partial charge in [0.15, 0.2) is 0 Å². The third kappa shape index (κ3) is 4.84. The van der Waals surface area contributed by atoms with Gasteiger partial charge in [0.25, 0.3) is 5.90 Å². The number of hydrogen-bond donors (Lipinski definition) is 0. The minimum absolute atomic E-state index is 0.0117. The molecule has 12 heteroatoms. The van der Waals surface area contributed by atoms with Crippen LogP contribution >= 0.6 is 34.8 Å². The van der Waals surface area contributed by atoms with Crippen molar-refractivity contribution >= 4 is 46.8 Å². The van der Waals surface area contributed by atoms with E-state index in [0.29, 0.717) is 0 Å². The largest absolute Gasteiger partial charge is 0.478 e. The van der Waals surface area contributed by atoms with Gasteiger partial charge in [0.1, 0.15) is 28.7 Å². The summed E-state index contributed by atoms with van der Waals surface area (Å²) in [6, 6.07) is 2.30. The van der Waals surface area contributed by atoms with Crippen molar-refractivity contribution in [1.29, 1.82) is 0 Å². The van der Waals surface area contributed by atoms with E-state index in [1.54, 1.807) is 0 Å². The lowest BCUT2D eigenvalue weighted by molar-refractivity contribution is -0.0552. The topological polar surface area (TPSA) is 57.9 Å². The van der Waals surface area contributed by atoms with Crippen LogP contribution in [-0.4, -0.2) is 36.5 Å². The van der Waals surface area contributed by atoms with Crippen molar-refractivity contribution in [2.75, 3.05) is 14.2 Å². The Morgan fingerprint density at radius 2 is 1.96 bits per heavy atom. The number of aromatic nitrogens is 2. The van der Waals surface area contributed by atoms with Crippen LogP contribution in [0.2, 0.25) is 10.0 Å². The lowest BCUT2D eigenvalue weighted by Gasteiger charge is -2.07. The summed E-state index contributed by atoms with van der Waals surface area (Å²) in [5.41, 5.74) is 0.0479. The van der Waals surface area contributed by atoms with E-state index in [1.165, 1.54) is 33.4 Å². The van der Waals surface area contributed by atoms with Crippen LogP contribution in [-0.2, 0) is 16.6 Å². The molecule has 0 unspecified atom stereocenters. The Balaban J connectivity index is 2.57. The molecule has 0 bridgehead atoms. The standard InChI is InChI=1S/C16H13Cl3F3N3O3/c1-25-15(28-16(21)22)12(19)13(23-25)8-4-7(9(17)6-11(8)20)5-10(18)14(26-2)24-27-3/h4-6,16H,1-3H3. The SMILES string of the molecule is CON=C(OC)C(Cl)=Cc1cc(-c2nn(C)c(OC(F)F)c2Cl)c(F)cc1Cl. The quantitative estimate of drug-likeness (QED) is 0.334. The van der Waals surface area contributed by atoms with Crippen molar-refractivity contribution in [2.45, 2.75) is 6.61 Å². The number of nitrogens with zero attached hydrogens (tertiary/aromatic N) is 3. The van der Waals surface area contributed by atoms with Gasteiger partial charge < -0.3 is 14.3 Å². The van der Waals surface area contributed by atoms with Crippen LogP contribution in [0, 0.1) is 5.82 Å². The molecule has 0 spiro atoms. The lowest BCUT2D eigenvalue weighted by atomic mass is 10.1. The lowest BCUT2D eigenvalue weighted by Crippen LogP contribution is -2.06. The van der Waals surface area contributed by atoms with E-state index in [4.69, 9.17) is 39.5 Å². The van der Waals surface area contributed by atoms with Gasteiger partial charge in [-0.1, -0.05) is 34.8 Å². The molecule has 0 saturated carbocycles. The fraction of sp³-hybridized carbons (Fsp3) is 0.250. The first-order valence-electron chi connectivity index (χ1n) is 7.39. The molecule has 0 atom stereocenters. The molecule has 0 aliphatic rings. The molecule has 0 saturated heterocycles. The van der Waals surface area contributed by atoms with Gasteiger partial charge in [0.05, 0.1) is 12.1 Å². The molecule has 0 aliphatic heterocycles. The second kappa shape index (κ2) is 9.40. The van der Waals surface area contributed by atoms with Gasteiger partial charge in [-0.2, -0.15) is 13.9 Å². The average molecular weight is 459 g/mol. The molecule has 1 heterocycles. The smallest absolute Gasteiger partial charge is 0.388 e. The summed E-state index contributed by atoms with van der Waals surface area (Å²) in [6.07, 6.45) is 1.35. The van der Waals surface area contributed by atoms with Crippen LogP contribution in [0.15, 0.2) is 22.3 Å². The highest BCUT2D eigenvalue weighted by molar-refractivity contribution is 6.44. The molecule has 2 aromatic rings. The first-order valence-corrected chi connectivity index (χ1v) is 8.52. The van der Waals surface area contributed by atoms with E-state index in [9.17, 15) is 13.2 Å². The predicted octanol–water partition coefficient (Wildman–Crippen LogP) is 5.32. The highest BCUT2D eigenvalue weighted by Crippen LogP contribution is 2.38. The molecular formula is C16H13Cl3F3N3O3. The molecule has 0 N–H and O–H groups in total. The van der Waals surface area contributed by atoms with Crippen molar-refractivity contribution in [2.24, 2.45) is 12.2 Å². The van der Waals surface area contributed by atoms with Gasteiger partial charge in [-0.3, -0.25) is 0 Å². The molecule has 0 amide bonds. The van der Waals surface area contributed by atoms with Crippen molar-refractivity contribution in [1.82, 2.24) is 9.78 Å². The molecule has 28 heavy (non-hydrogen) atoms. The zero-order valence-electron chi connectivity index (χ0n) is 14.6. The van der Waals surface area contributed by atoms with Gasteiger partial charge in [-0.25, -0.2) is 9.07 Å². The fourth-order valence-corrected chi connectivity index (χ4v) is 2.93. The maximum absolute atomic E-state index is 14.5. The van der Waals surface area contributed by atoms with Gasteiger partial charge >= 0.3 is 6.61 Å². The van der Waals surface area contributed by atoms with E-state index in [0.717, 1.165) is 10.7 Å². The zero-order valence-corrected chi connectivity index (χ0v) is 16.9. The molecule has 6 nitrogen and oxygen atoms in total. The highest BCUT2D eigenvalue weighted by atomic mass is 35.5. The van der Waals surface area contributed by atoms with Crippen molar-refractivity contribution in [3.63, 3.8) is 0 Å². The van der Waals surface area contributed by atoms with Gasteiger partial charge in [-0.05, 0) is 28.9 Å². The number of ether oxygens (including phenoxy) is 2. The molecule has 1 aromatic carbocycles. The summed E-state index contributed by atoms with van der Waals surface area (Å²) in [5.74, 6) is -1.24. The number of methoxy groups -OCH3 is 1. The van der Waals surface area contributed by atoms with E-state index in [-0.39, 0.29) is 37.8 Å². The van der Waals surface area contributed by atoms with Crippen molar-refractivity contribution in [3.05, 3.63) is 38.6 Å². The second-order valence-electron chi connectivity index (χ2n) is 5.10. The van der Waals surface area contributed by atoms with E-state index in [1.807, 2.05) is 0 Å². The summed E-state index contributed by atoms with van der Waals surface area (Å²) in [7, 11) is 3.95. The van der Waals surface area contributed by atoms with Crippen LogP contribution in [0.1, 0.15) is 5.56 Å². The minimum Gasteiger partial charge on any atom is -0.478 e. The summed E-state index contributed by atoms with van der Waals surface area (Å²) in [6.45, 7) is -3.12. The number of aryl methyl sites for hydroxylation is 1. The molecule has 0 radical (unpaired) electrons. The predicted molar refractivity (Wildman–Crippen MR) is 101 cm³/mol. The maximum Gasteiger partial charge on any atom is 0.388 e. The summed E-state index contributed by atoms with van der Waals surface area (Å²) >= 11 is 18.2. The van der Waals surface area contributed by atoms with E-state index >= 15 is 0 Å². The molecule has 152 valence electrons. The summed E-state index contributed by atoms with van der Waals surface area (Å²) in [4.78, 5) is 4.60. The van der Waals surface area contributed by atoms with Crippen molar-refractivity contribution in [3.8, 4) is 17.1 Å². The average Bonchev–Trinajstić information content (AvgIpc) is 2.89. The monoisotopic (exact) mass is 457 g/mol. The number of benzene rings is 1. The molecular weight excluding hydrogens is 446 g/mol. The third-order valence-corrected chi connectivity index (χ3v) is 4.27. The molecule has 0 fully saturated rings. The Morgan fingerprint density at radius 3 is 2.54 bits per heavy atom. The highest BCUT2D eigenvalue weighted by Gasteiger charge is 2.23. The van der Waals surface area contributed by atoms with Gasteiger partial charge in [0, 0.05) is 12.6 Å². The Kier molecular flexibility index (Phi) is 7.45. The first-order chi connectivity index (χ1) is 13.2. The second-order valence-corrected chi connectivity index (χ2v) is 6.29. The molecule has 2 rings (SSSR count). The number of hydrogen-bond acceptors (Lipinski definition) is 5. The van der Waals surface area contributed by atoms with Crippen LogP contribution in [0.4, 0.5) is 13.2 Å². The Morgan fingerprint density at radius 1 is 1.29 bits per heavy atom. The first kappa shape index (κ1) is 22.2.